The summed E-state index contributed by atoms with van der Waals surface area (Å²) in [5.74, 6) is 0. The van der Waals surface area contributed by atoms with Crippen LogP contribution in [0.1, 0.15) is 26.7 Å². The van der Waals surface area contributed by atoms with Crippen LogP contribution in [-0.4, -0.2) is 15.0 Å². The molecule has 1 rings (SSSR count). The van der Waals surface area contributed by atoms with Gasteiger partial charge in [0.15, 0.2) is 0 Å². The van der Waals surface area contributed by atoms with Crippen LogP contribution >= 0.6 is 0 Å². The predicted octanol–water partition coefficient (Wildman–Crippen LogP) is 2.71. The van der Waals surface area contributed by atoms with Crippen molar-refractivity contribution >= 4 is 9.84 Å². The van der Waals surface area contributed by atoms with Crippen LogP contribution in [0, 0.1) is 0 Å². The lowest BCUT2D eigenvalue weighted by Crippen LogP contribution is -2.13. The molecule has 0 atom stereocenters. The lowest BCUT2D eigenvalue weighted by Gasteiger charge is -2.06. The molecule has 0 aliphatic heterocycles. The van der Waals surface area contributed by atoms with Crippen LogP contribution in [0.5, 0.6) is 0 Å². The number of hydrogen-bond acceptors (Lipinski definition) is 3. The molecule has 0 radical (unpaired) electrons. The van der Waals surface area contributed by atoms with E-state index in [1.54, 1.807) is 37.3 Å². The van der Waals surface area contributed by atoms with Crippen molar-refractivity contribution in [1.29, 1.82) is 0 Å². The van der Waals surface area contributed by atoms with Crippen molar-refractivity contribution < 1.29 is 8.42 Å². The van der Waals surface area contributed by atoms with E-state index in [0.29, 0.717) is 10.6 Å². The van der Waals surface area contributed by atoms with Crippen molar-refractivity contribution in [1.82, 2.24) is 5.32 Å². The third-order valence-electron chi connectivity index (χ3n) is 2.34. The van der Waals surface area contributed by atoms with Crippen LogP contribution in [-0.2, 0) is 9.84 Å². The molecular formula is C13H19NO2S. The highest BCUT2D eigenvalue weighted by Gasteiger charge is 2.10. The second-order valence-corrected chi connectivity index (χ2v) is 5.74. The second kappa shape index (κ2) is 6.45. The maximum Gasteiger partial charge on any atom is 0.201 e. The van der Waals surface area contributed by atoms with Crippen LogP contribution in [0.25, 0.3) is 0 Å². The Morgan fingerprint density at radius 3 is 2.53 bits per heavy atom. The summed E-state index contributed by atoms with van der Waals surface area (Å²) >= 11 is 0. The molecule has 94 valence electrons. The van der Waals surface area contributed by atoms with E-state index in [1.165, 1.54) is 5.41 Å². The second-order valence-electron chi connectivity index (χ2n) is 3.94. The summed E-state index contributed by atoms with van der Waals surface area (Å²) in [4.78, 5) is 0.330. The molecule has 0 spiro atoms. The zero-order valence-corrected chi connectivity index (χ0v) is 11.1. The smallest absolute Gasteiger partial charge is 0.201 e. The van der Waals surface area contributed by atoms with Crippen LogP contribution in [0.15, 0.2) is 46.3 Å². The number of benzene rings is 1. The fourth-order valence-corrected chi connectivity index (χ4v) is 2.64. The molecule has 0 fully saturated rings. The van der Waals surface area contributed by atoms with Crippen molar-refractivity contribution in [2.75, 3.05) is 6.54 Å². The molecule has 3 nitrogen and oxygen atoms in total. The molecule has 0 amide bonds. The average Bonchev–Trinajstić information content (AvgIpc) is 2.30. The Kier molecular flexibility index (Phi) is 5.22. The molecule has 1 N–H and O–H groups in total. The molecule has 1 aromatic rings. The van der Waals surface area contributed by atoms with Crippen LogP contribution < -0.4 is 5.32 Å². The Labute approximate surface area is 103 Å². The van der Waals surface area contributed by atoms with Gasteiger partial charge in [-0.2, -0.15) is 0 Å². The van der Waals surface area contributed by atoms with E-state index in [9.17, 15) is 8.42 Å². The molecule has 0 heterocycles. The van der Waals surface area contributed by atoms with Crippen molar-refractivity contribution in [2.45, 2.75) is 31.6 Å². The lowest BCUT2D eigenvalue weighted by atomic mass is 10.3. The molecule has 0 unspecified atom stereocenters. The monoisotopic (exact) mass is 253 g/mol. The summed E-state index contributed by atoms with van der Waals surface area (Å²) < 4.78 is 23.9. The zero-order chi connectivity index (χ0) is 12.7. The van der Waals surface area contributed by atoms with Crippen LogP contribution in [0.4, 0.5) is 0 Å². The summed E-state index contributed by atoms with van der Waals surface area (Å²) in [5.41, 5.74) is 0.683. The van der Waals surface area contributed by atoms with Gasteiger partial charge in [-0.05, 0) is 25.5 Å². The highest BCUT2D eigenvalue weighted by molar-refractivity contribution is 7.94. The quantitative estimate of drug-likeness (QED) is 0.793. The van der Waals surface area contributed by atoms with E-state index in [0.717, 1.165) is 19.4 Å². The Morgan fingerprint density at radius 2 is 1.94 bits per heavy atom. The average molecular weight is 253 g/mol. The maximum absolute atomic E-state index is 12.0. The highest BCUT2D eigenvalue weighted by Crippen LogP contribution is 2.12. The predicted molar refractivity (Wildman–Crippen MR) is 70.3 cm³/mol. The van der Waals surface area contributed by atoms with E-state index in [4.69, 9.17) is 0 Å². The first-order valence-corrected chi connectivity index (χ1v) is 7.33. The molecule has 17 heavy (non-hydrogen) atoms. The minimum atomic E-state index is -3.32. The van der Waals surface area contributed by atoms with Gasteiger partial charge in [-0.15, -0.1) is 0 Å². The Hall–Kier alpha value is -1.29. The summed E-state index contributed by atoms with van der Waals surface area (Å²) in [5, 5.41) is 4.38. The van der Waals surface area contributed by atoms with E-state index < -0.39 is 9.84 Å². The largest absolute Gasteiger partial charge is 0.388 e. The van der Waals surface area contributed by atoms with Crippen molar-refractivity contribution in [3.05, 3.63) is 41.4 Å². The molecule has 4 heteroatoms. The fraction of sp³-hybridized carbons (Fsp3) is 0.385. The third-order valence-corrected chi connectivity index (χ3v) is 3.93. The van der Waals surface area contributed by atoms with Gasteiger partial charge in [-0.3, -0.25) is 0 Å². The minimum absolute atomic E-state index is 0.330. The molecular weight excluding hydrogens is 234 g/mol. The number of nitrogens with one attached hydrogen (secondary N) is 1. The van der Waals surface area contributed by atoms with Crippen molar-refractivity contribution in [3.8, 4) is 0 Å². The molecule has 1 aromatic carbocycles. The molecule has 0 saturated heterocycles. The molecule has 0 aromatic heterocycles. The van der Waals surface area contributed by atoms with Gasteiger partial charge in [0.2, 0.25) is 9.84 Å². The van der Waals surface area contributed by atoms with Crippen LogP contribution in [0.2, 0.25) is 0 Å². The molecule has 0 saturated carbocycles. The van der Waals surface area contributed by atoms with Gasteiger partial charge in [0.25, 0.3) is 0 Å². The Bertz CT molecular complexity index is 463. The molecule has 0 aliphatic carbocycles. The van der Waals surface area contributed by atoms with Gasteiger partial charge in [-0.1, -0.05) is 31.5 Å². The number of allylic oxidation sites excluding steroid dienone is 1. The van der Waals surface area contributed by atoms with Crippen molar-refractivity contribution in [3.63, 3.8) is 0 Å². The van der Waals surface area contributed by atoms with Gasteiger partial charge in [-0.25, -0.2) is 8.42 Å². The highest BCUT2D eigenvalue weighted by atomic mass is 32.2. The number of hydrogen-bond donors (Lipinski definition) is 1. The van der Waals surface area contributed by atoms with Gasteiger partial charge in [0.05, 0.1) is 10.3 Å². The van der Waals surface area contributed by atoms with Crippen molar-refractivity contribution in [2.24, 2.45) is 0 Å². The summed E-state index contributed by atoms with van der Waals surface area (Å²) in [6.45, 7) is 4.68. The first kappa shape index (κ1) is 13.8. The minimum Gasteiger partial charge on any atom is -0.388 e. The number of sulfone groups is 1. The van der Waals surface area contributed by atoms with E-state index in [2.05, 4.69) is 12.2 Å². The van der Waals surface area contributed by atoms with Gasteiger partial charge in [0.1, 0.15) is 0 Å². The van der Waals surface area contributed by atoms with Gasteiger partial charge in [0, 0.05) is 12.2 Å². The fourth-order valence-electron chi connectivity index (χ4n) is 1.41. The molecule has 0 bridgehead atoms. The van der Waals surface area contributed by atoms with Gasteiger partial charge < -0.3 is 5.32 Å². The maximum atomic E-state index is 12.0. The normalized spacial score (nSPS) is 12.5. The first-order valence-electron chi connectivity index (χ1n) is 5.78. The SMILES string of the molecule is CCCCN/C(C)=C/S(=O)(=O)c1ccccc1. The first-order chi connectivity index (χ1) is 8.06. The third kappa shape index (κ3) is 4.61. The summed E-state index contributed by atoms with van der Waals surface area (Å²) in [6, 6.07) is 8.45. The summed E-state index contributed by atoms with van der Waals surface area (Å²) in [7, 11) is -3.32. The Morgan fingerprint density at radius 1 is 1.29 bits per heavy atom. The number of unbranched alkanes of at least 4 members (excludes halogenated alkanes) is 1. The standard InChI is InChI=1S/C13H19NO2S/c1-3-4-10-14-12(2)11-17(15,16)13-8-6-5-7-9-13/h5-9,11,14H,3-4,10H2,1-2H3/b12-11+. The topological polar surface area (TPSA) is 46.2 Å². The van der Waals surface area contributed by atoms with Crippen LogP contribution in [0.3, 0.4) is 0 Å². The Balaban J connectivity index is 2.76. The number of rotatable bonds is 6. The summed E-state index contributed by atoms with van der Waals surface area (Å²) in [6.07, 6.45) is 2.13. The van der Waals surface area contributed by atoms with Gasteiger partial charge >= 0.3 is 0 Å². The van der Waals surface area contributed by atoms with E-state index >= 15 is 0 Å². The zero-order valence-electron chi connectivity index (χ0n) is 10.3. The van der Waals surface area contributed by atoms with E-state index in [-0.39, 0.29) is 0 Å². The lowest BCUT2D eigenvalue weighted by molar-refractivity contribution is 0.603. The molecule has 0 aliphatic rings. The van der Waals surface area contributed by atoms with E-state index in [1.807, 2.05) is 0 Å².